The number of hydrogen-bond acceptors (Lipinski definition) is 6. The number of ether oxygens (including phenoxy) is 2. The Morgan fingerprint density at radius 3 is 2.74 bits per heavy atom. The number of nitrogens with one attached hydrogen (secondary N) is 1. The van der Waals surface area contributed by atoms with Crippen LogP contribution in [0.25, 0.3) is 0 Å². The van der Waals surface area contributed by atoms with Gasteiger partial charge in [0.05, 0.1) is 6.10 Å². The summed E-state index contributed by atoms with van der Waals surface area (Å²) in [6.07, 6.45) is 5.41. The molecule has 6 nitrogen and oxygen atoms in total. The predicted octanol–water partition coefficient (Wildman–Crippen LogP) is 1.91. The Bertz CT molecular complexity index is 413. The second-order valence-corrected chi connectivity index (χ2v) is 5.65. The molecule has 1 aliphatic carbocycles. The molecule has 4 rings (SSSR count). The zero-order valence-corrected chi connectivity index (χ0v) is 11.5. The molecular formula is C13H21N3O3. The van der Waals surface area contributed by atoms with E-state index < -0.39 is 0 Å². The number of rotatable bonds is 5. The van der Waals surface area contributed by atoms with Gasteiger partial charge in [-0.15, -0.1) is 0 Å². The maximum atomic E-state index is 6.09. The molecule has 0 aromatic carbocycles. The minimum Gasteiger partial charge on any atom is -0.469 e. The Morgan fingerprint density at radius 2 is 2.11 bits per heavy atom. The molecular weight excluding hydrogens is 246 g/mol. The summed E-state index contributed by atoms with van der Waals surface area (Å²) in [5, 5.41) is 11.1. The van der Waals surface area contributed by atoms with Crippen LogP contribution in [-0.4, -0.2) is 34.6 Å². The third-order valence-electron chi connectivity index (χ3n) is 4.24. The molecule has 2 saturated heterocycles. The topological polar surface area (TPSA) is 69.4 Å². The van der Waals surface area contributed by atoms with Crippen LogP contribution < -0.4 is 14.8 Å². The Kier molecular flexibility index (Phi) is 3.35. The minimum absolute atomic E-state index is 0.0759. The van der Waals surface area contributed by atoms with Crippen molar-refractivity contribution in [2.75, 3.05) is 6.54 Å². The van der Waals surface area contributed by atoms with Crippen molar-refractivity contribution in [3.05, 3.63) is 0 Å². The van der Waals surface area contributed by atoms with Crippen molar-refractivity contribution in [2.24, 2.45) is 0 Å². The molecule has 1 N–H and O–H groups in total. The zero-order valence-electron chi connectivity index (χ0n) is 11.5. The van der Waals surface area contributed by atoms with Gasteiger partial charge in [-0.05, 0) is 49.3 Å². The maximum Gasteiger partial charge on any atom is 0.321 e. The van der Waals surface area contributed by atoms with Crippen molar-refractivity contribution in [3.63, 3.8) is 0 Å². The van der Waals surface area contributed by atoms with E-state index >= 15 is 0 Å². The van der Waals surface area contributed by atoms with E-state index in [9.17, 15) is 0 Å². The molecule has 0 radical (unpaired) electrons. The molecule has 0 amide bonds. The minimum atomic E-state index is -0.166. The summed E-state index contributed by atoms with van der Waals surface area (Å²) in [6.45, 7) is 4.92. The van der Waals surface area contributed by atoms with Gasteiger partial charge in [0.2, 0.25) is 0 Å². The average molecular weight is 267 g/mol. The Morgan fingerprint density at radius 1 is 1.37 bits per heavy atom. The van der Waals surface area contributed by atoms with Gasteiger partial charge in [-0.3, -0.25) is 0 Å². The number of aromatic nitrogens is 2. The monoisotopic (exact) mass is 267 g/mol. The molecule has 6 heteroatoms. The SMILES string of the molecule is CCC(C)Oc1nonc1OC12CCC(CC1)NC2. The molecule has 1 aromatic heterocycles. The summed E-state index contributed by atoms with van der Waals surface area (Å²) < 4.78 is 16.5. The van der Waals surface area contributed by atoms with Gasteiger partial charge in [-0.2, -0.15) is 0 Å². The van der Waals surface area contributed by atoms with Gasteiger partial charge in [0, 0.05) is 12.6 Å². The third kappa shape index (κ3) is 2.54. The molecule has 3 heterocycles. The van der Waals surface area contributed by atoms with E-state index in [1.165, 1.54) is 0 Å². The number of piperidine rings is 2. The number of fused-ring (bicyclic) bond motifs is 3. The lowest BCUT2D eigenvalue weighted by atomic mass is 9.77. The fraction of sp³-hybridized carbons (Fsp3) is 0.846. The first kappa shape index (κ1) is 12.7. The van der Waals surface area contributed by atoms with E-state index in [2.05, 4.69) is 22.6 Å². The summed E-state index contributed by atoms with van der Waals surface area (Å²) in [6, 6.07) is 0.664. The van der Waals surface area contributed by atoms with E-state index in [1.54, 1.807) is 0 Å². The highest BCUT2D eigenvalue weighted by Gasteiger charge is 2.43. The highest BCUT2D eigenvalue weighted by atomic mass is 16.6. The first-order valence-electron chi connectivity index (χ1n) is 7.12. The van der Waals surface area contributed by atoms with Crippen molar-refractivity contribution >= 4 is 0 Å². The predicted molar refractivity (Wildman–Crippen MR) is 68.3 cm³/mol. The van der Waals surface area contributed by atoms with Crippen LogP contribution >= 0.6 is 0 Å². The molecule has 1 saturated carbocycles. The Balaban J connectivity index is 1.71. The van der Waals surface area contributed by atoms with Gasteiger partial charge in [0.1, 0.15) is 5.60 Å². The van der Waals surface area contributed by atoms with Gasteiger partial charge < -0.3 is 14.8 Å². The van der Waals surface area contributed by atoms with Crippen LogP contribution in [0.1, 0.15) is 46.0 Å². The Hall–Kier alpha value is -1.30. The van der Waals surface area contributed by atoms with Gasteiger partial charge in [-0.25, -0.2) is 4.63 Å². The van der Waals surface area contributed by atoms with Crippen LogP contribution in [0.2, 0.25) is 0 Å². The normalized spacial score (nSPS) is 31.2. The van der Waals surface area contributed by atoms with Crippen LogP contribution in [0.15, 0.2) is 4.63 Å². The van der Waals surface area contributed by atoms with Crippen LogP contribution in [-0.2, 0) is 0 Å². The van der Waals surface area contributed by atoms with Crippen LogP contribution in [0.4, 0.5) is 0 Å². The molecule has 3 aliphatic rings. The summed E-state index contributed by atoms with van der Waals surface area (Å²) in [7, 11) is 0. The third-order valence-corrected chi connectivity index (χ3v) is 4.24. The van der Waals surface area contributed by atoms with Crippen LogP contribution in [0, 0.1) is 0 Å². The van der Waals surface area contributed by atoms with E-state index in [-0.39, 0.29) is 11.7 Å². The molecule has 1 aromatic rings. The lowest BCUT2D eigenvalue weighted by molar-refractivity contribution is -0.0197. The lowest BCUT2D eigenvalue weighted by Crippen LogP contribution is -2.58. The summed E-state index contributed by atoms with van der Waals surface area (Å²) in [4.78, 5) is 0. The van der Waals surface area contributed by atoms with Gasteiger partial charge in [-0.1, -0.05) is 6.92 Å². The molecule has 2 aliphatic heterocycles. The van der Waals surface area contributed by atoms with E-state index in [0.717, 1.165) is 38.6 Å². The molecule has 1 unspecified atom stereocenters. The standard InChI is InChI=1S/C13H21N3O3/c1-3-9(2)17-11-12(16-19-15-11)18-13-6-4-10(5-7-13)14-8-13/h9-10,14H,3-8H2,1-2H3. The molecule has 3 fully saturated rings. The highest BCUT2D eigenvalue weighted by Crippen LogP contribution is 2.38. The first-order valence-corrected chi connectivity index (χ1v) is 7.12. The second kappa shape index (κ2) is 5.00. The maximum absolute atomic E-state index is 6.09. The van der Waals surface area contributed by atoms with E-state index in [1.807, 2.05) is 6.92 Å². The molecule has 1 atom stereocenters. The first-order chi connectivity index (χ1) is 9.21. The van der Waals surface area contributed by atoms with Crippen molar-refractivity contribution in [3.8, 4) is 11.8 Å². The van der Waals surface area contributed by atoms with Crippen LogP contribution in [0.3, 0.4) is 0 Å². The van der Waals surface area contributed by atoms with Crippen molar-refractivity contribution in [2.45, 2.75) is 63.7 Å². The molecule has 0 spiro atoms. The van der Waals surface area contributed by atoms with Gasteiger partial charge >= 0.3 is 11.8 Å². The van der Waals surface area contributed by atoms with Crippen LogP contribution in [0.5, 0.6) is 11.8 Å². The van der Waals surface area contributed by atoms with E-state index in [4.69, 9.17) is 14.1 Å². The summed E-state index contributed by atoms with van der Waals surface area (Å²) >= 11 is 0. The smallest absolute Gasteiger partial charge is 0.321 e. The van der Waals surface area contributed by atoms with Crippen molar-refractivity contribution in [1.82, 2.24) is 15.6 Å². The largest absolute Gasteiger partial charge is 0.469 e. The van der Waals surface area contributed by atoms with Gasteiger partial charge in [0.25, 0.3) is 0 Å². The Labute approximate surface area is 112 Å². The van der Waals surface area contributed by atoms with Crippen molar-refractivity contribution in [1.29, 1.82) is 0 Å². The number of nitrogens with zero attached hydrogens (tertiary/aromatic N) is 2. The summed E-state index contributed by atoms with van der Waals surface area (Å²) in [5.41, 5.74) is -0.166. The van der Waals surface area contributed by atoms with E-state index in [0.29, 0.717) is 17.8 Å². The lowest BCUT2D eigenvalue weighted by Gasteiger charge is -2.46. The average Bonchev–Trinajstić information content (AvgIpc) is 2.87. The molecule has 2 bridgehead atoms. The van der Waals surface area contributed by atoms with Gasteiger partial charge in [0.15, 0.2) is 0 Å². The zero-order chi connectivity index (χ0) is 13.3. The fourth-order valence-electron chi connectivity index (χ4n) is 2.78. The highest BCUT2D eigenvalue weighted by molar-refractivity contribution is 5.23. The second-order valence-electron chi connectivity index (χ2n) is 5.65. The fourth-order valence-corrected chi connectivity index (χ4v) is 2.78. The molecule has 106 valence electrons. The summed E-state index contributed by atoms with van der Waals surface area (Å²) in [5.74, 6) is 0.763. The van der Waals surface area contributed by atoms with Crippen molar-refractivity contribution < 1.29 is 14.1 Å². The number of hydrogen-bond donors (Lipinski definition) is 1. The molecule has 19 heavy (non-hydrogen) atoms. The quantitative estimate of drug-likeness (QED) is 0.878.